The van der Waals surface area contributed by atoms with Crippen molar-refractivity contribution in [1.82, 2.24) is 15.0 Å². The summed E-state index contributed by atoms with van der Waals surface area (Å²) in [6, 6.07) is 5.45. The molecule has 0 fully saturated rings. The Morgan fingerprint density at radius 3 is 2.57 bits per heavy atom. The van der Waals surface area contributed by atoms with Crippen LogP contribution in [0.2, 0.25) is 0 Å². The lowest BCUT2D eigenvalue weighted by molar-refractivity contribution is 0.205. The first-order chi connectivity index (χ1) is 10.8. The van der Waals surface area contributed by atoms with Gasteiger partial charge in [0.05, 0.1) is 17.1 Å². The van der Waals surface area contributed by atoms with Crippen molar-refractivity contribution < 1.29 is 4.74 Å². The number of nitrogens with two attached hydrogens (primary N) is 2. The highest BCUT2D eigenvalue weighted by molar-refractivity contribution is 5.58. The van der Waals surface area contributed by atoms with Gasteiger partial charge >= 0.3 is 0 Å². The number of hydrogen-bond donors (Lipinski definition) is 2. The van der Waals surface area contributed by atoms with Gasteiger partial charge in [-0.25, -0.2) is 15.0 Å². The quantitative estimate of drug-likeness (QED) is 0.850. The number of anilines is 1. The first-order valence-corrected chi connectivity index (χ1v) is 7.74. The largest absolute Gasteiger partial charge is 0.490 e. The Kier molecular flexibility index (Phi) is 5.15. The van der Waals surface area contributed by atoms with E-state index in [0.717, 1.165) is 23.6 Å². The first-order valence-electron chi connectivity index (χ1n) is 7.74. The van der Waals surface area contributed by atoms with Gasteiger partial charge in [-0.05, 0) is 38.3 Å². The van der Waals surface area contributed by atoms with Gasteiger partial charge in [-0.3, -0.25) is 0 Å². The molecular weight excluding hydrogens is 290 g/mol. The highest BCUT2D eigenvalue weighted by atomic mass is 16.5. The van der Waals surface area contributed by atoms with Gasteiger partial charge in [0.1, 0.15) is 24.5 Å². The van der Waals surface area contributed by atoms with E-state index in [2.05, 4.69) is 28.8 Å². The van der Waals surface area contributed by atoms with Crippen LogP contribution in [0.25, 0.3) is 11.4 Å². The molecular formula is C17H25N5O. The molecule has 0 saturated heterocycles. The fourth-order valence-electron chi connectivity index (χ4n) is 2.59. The smallest absolute Gasteiger partial charge is 0.140 e. The molecule has 0 spiro atoms. The van der Waals surface area contributed by atoms with Gasteiger partial charge in [-0.2, -0.15) is 0 Å². The summed E-state index contributed by atoms with van der Waals surface area (Å²) in [6.45, 7) is 8.67. The summed E-state index contributed by atoms with van der Waals surface area (Å²) >= 11 is 0. The Bertz CT molecular complexity index is 670. The zero-order valence-corrected chi connectivity index (χ0v) is 14.2. The van der Waals surface area contributed by atoms with Gasteiger partial charge in [0, 0.05) is 11.6 Å². The summed E-state index contributed by atoms with van der Waals surface area (Å²) in [4.78, 5) is 12.6. The molecule has 0 bridgehead atoms. The Balaban J connectivity index is 2.11. The Labute approximate surface area is 137 Å². The van der Waals surface area contributed by atoms with Crippen LogP contribution < -0.4 is 16.2 Å². The predicted molar refractivity (Wildman–Crippen MR) is 92.0 cm³/mol. The molecule has 6 heteroatoms. The Morgan fingerprint density at radius 2 is 1.96 bits per heavy atom. The fourth-order valence-corrected chi connectivity index (χ4v) is 2.59. The highest BCUT2D eigenvalue weighted by Crippen LogP contribution is 2.23. The number of aryl methyl sites for hydroxylation is 1. The number of hydrogen-bond acceptors (Lipinski definition) is 6. The second-order valence-corrected chi connectivity index (χ2v) is 6.65. The van der Waals surface area contributed by atoms with Crippen LogP contribution in [-0.2, 0) is 0 Å². The Morgan fingerprint density at radius 1 is 1.22 bits per heavy atom. The second kappa shape index (κ2) is 6.91. The van der Waals surface area contributed by atoms with Crippen molar-refractivity contribution >= 4 is 5.82 Å². The molecule has 23 heavy (non-hydrogen) atoms. The third kappa shape index (κ3) is 4.89. The molecule has 0 radical (unpaired) electrons. The SMILES string of the molecule is Cc1nc(-c2cc(N)ncn2)ccc1OC[C@@](C)(N)CC(C)C. The van der Waals surface area contributed by atoms with E-state index in [9.17, 15) is 0 Å². The molecule has 4 N–H and O–H groups in total. The lowest BCUT2D eigenvalue weighted by Crippen LogP contribution is -2.43. The number of nitrogen functional groups attached to an aromatic ring is 1. The number of pyridine rings is 1. The lowest BCUT2D eigenvalue weighted by Gasteiger charge is -2.26. The maximum absolute atomic E-state index is 6.28. The summed E-state index contributed by atoms with van der Waals surface area (Å²) in [5.41, 5.74) is 13.8. The van der Waals surface area contributed by atoms with E-state index in [1.807, 2.05) is 26.0 Å². The van der Waals surface area contributed by atoms with Crippen molar-refractivity contribution in [3.05, 3.63) is 30.2 Å². The molecule has 1 atom stereocenters. The fraction of sp³-hybridized carbons (Fsp3) is 0.471. The number of ether oxygens (including phenoxy) is 1. The maximum Gasteiger partial charge on any atom is 0.140 e. The zero-order chi connectivity index (χ0) is 17.0. The highest BCUT2D eigenvalue weighted by Gasteiger charge is 2.21. The summed E-state index contributed by atoms with van der Waals surface area (Å²) in [5.74, 6) is 1.68. The molecule has 0 aliphatic rings. The van der Waals surface area contributed by atoms with Crippen molar-refractivity contribution in [2.45, 2.75) is 39.7 Å². The third-order valence-electron chi connectivity index (χ3n) is 3.42. The molecule has 0 aliphatic carbocycles. The molecule has 2 aromatic heterocycles. The third-order valence-corrected chi connectivity index (χ3v) is 3.42. The van der Waals surface area contributed by atoms with Gasteiger partial charge in [-0.15, -0.1) is 0 Å². The van der Waals surface area contributed by atoms with E-state index < -0.39 is 0 Å². The van der Waals surface area contributed by atoms with Gasteiger partial charge in [0.15, 0.2) is 0 Å². The standard InChI is InChI=1S/C17H25N5O/c1-11(2)8-17(4,19)9-23-15-6-5-13(22-12(15)3)14-7-16(18)21-10-20-14/h5-7,10-11H,8-9,19H2,1-4H3,(H2,18,20,21)/t17-/m0/s1. The number of rotatable bonds is 6. The van der Waals surface area contributed by atoms with Crippen LogP contribution in [0.5, 0.6) is 5.75 Å². The normalized spacial score (nSPS) is 13.8. The molecule has 0 unspecified atom stereocenters. The van der Waals surface area contributed by atoms with Crippen LogP contribution in [0.4, 0.5) is 5.82 Å². The zero-order valence-electron chi connectivity index (χ0n) is 14.2. The van der Waals surface area contributed by atoms with Crippen molar-refractivity contribution in [1.29, 1.82) is 0 Å². The van der Waals surface area contributed by atoms with Crippen LogP contribution in [-0.4, -0.2) is 27.1 Å². The molecule has 2 aromatic rings. The topological polar surface area (TPSA) is 99.9 Å². The second-order valence-electron chi connectivity index (χ2n) is 6.65. The van der Waals surface area contributed by atoms with Crippen LogP contribution in [0.15, 0.2) is 24.5 Å². The molecule has 2 rings (SSSR count). The van der Waals surface area contributed by atoms with Crippen molar-refractivity contribution in [2.24, 2.45) is 11.7 Å². The van der Waals surface area contributed by atoms with E-state index >= 15 is 0 Å². The van der Waals surface area contributed by atoms with E-state index in [4.69, 9.17) is 16.2 Å². The van der Waals surface area contributed by atoms with E-state index in [1.54, 1.807) is 6.07 Å². The molecule has 0 aromatic carbocycles. The minimum absolute atomic E-state index is 0.361. The van der Waals surface area contributed by atoms with Gasteiger partial charge in [-0.1, -0.05) is 13.8 Å². The average Bonchev–Trinajstić information content (AvgIpc) is 2.44. The molecule has 2 heterocycles. The molecule has 124 valence electrons. The number of nitrogens with zero attached hydrogens (tertiary/aromatic N) is 3. The summed E-state index contributed by atoms with van der Waals surface area (Å²) in [6.07, 6.45) is 2.33. The van der Waals surface area contributed by atoms with Gasteiger partial charge < -0.3 is 16.2 Å². The van der Waals surface area contributed by atoms with Crippen molar-refractivity contribution in [3.63, 3.8) is 0 Å². The van der Waals surface area contributed by atoms with Crippen molar-refractivity contribution in [2.75, 3.05) is 12.3 Å². The monoisotopic (exact) mass is 315 g/mol. The first kappa shape index (κ1) is 17.1. The Hall–Kier alpha value is -2.21. The average molecular weight is 315 g/mol. The van der Waals surface area contributed by atoms with Crippen LogP contribution in [0.1, 0.15) is 32.9 Å². The predicted octanol–water partition coefficient (Wildman–Crippen LogP) is 2.57. The molecule has 0 amide bonds. The van der Waals surface area contributed by atoms with E-state index in [1.165, 1.54) is 6.33 Å². The van der Waals surface area contributed by atoms with Crippen LogP contribution in [0, 0.1) is 12.8 Å². The summed E-state index contributed by atoms with van der Waals surface area (Å²) < 4.78 is 5.87. The minimum atomic E-state index is -0.361. The van der Waals surface area contributed by atoms with Crippen LogP contribution >= 0.6 is 0 Å². The van der Waals surface area contributed by atoms with Gasteiger partial charge in [0.25, 0.3) is 0 Å². The number of aromatic nitrogens is 3. The van der Waals surface area contributed by atoms with E-state index in [0.29, 0.717) is 24.0 Å². The molecule has 0 aliphatic heterocycles. The van der Waals surface area contributed by atoms with Crippen LogP contribution in [0.3, 0.4) is 0 Å². The van der Waals surface area contributed by atoms with Gasteiger partial charge in [0.2, 0.25) is 0 Å². The minimum Gasteiger partial charge on any atom is -0.490 e. The molecule has 6 nitrogen and oxygen atoms in total. The maximum atomic E-state index is 6.28. The summed E-state index contributed by atoms with van der Waals surface area (Å²) in [5, 5.41) is 0. The lowest BCUT2D eigenvalue weighted by atomic mass is 9.93. The molecule has 0 saturated carbocycles. The summed E-state index contributed by atoms with van der Waals surface area (Å²) in [7, 11) is 0. The van der Waals surface area contributed by atoms with Crippen molar-refractivity contribution in [3.8, 4) is 17.1 Å². The van der Waals surface area contributed by atoms with E-state index in [-0.39, 0.29) is 5.54 Å².